The standard InChI is InChI=1S/C18H21N5O2S/c1-4-14(17(24)21-15-10-11(3)25-23-15)26-18-20-13-9-7-6-8-12(13)16(22-18)19-5-2/h6-10,14H,4-5H2,1-3H3,(H,19,20,22)(H,21,23,24). The Morgan fingerprint density at radius 1 is 1.27 bits per heavy atom. The largest absolute Gasteiger partial charge is 0.370 e. The highest BCUT2D eigenvalue weighted by Gasteiger charge is 2.21. The van der Waals surface area contributed by atoms with Crippen LogP contribution in [0.25, 0.3) is 10.9 Å². The maximum Gasteiger partial charge on any atom is 0.239 e. The lowest BCUT2D eigenvalue weighted by Crippen LogP contribution is -2.25. The van der Waals surface area contributed by atoms with Crippen LogP contribution in [0.4, 0.5) is 11.6 Å². The van der Waals surface area contributed by atoms with Crippen LogP contribution in [0.1, 0.15) is 26.0 Å². The number of para-hydroxylation sites is 1. The average Bonchev–Trinajstić information content (AvgIpc) is 3.04. The van der Waals surface area contributed by atoms with Gasteiger partial charge in [-0.2, -0.15) is 0 Å². The number of amides is 1. The van der Waals surface area contributed by atoms with Crippen molar-refractivity contribution in [3.63, 3.8) is 0 Å². The van der Waals surface area contributed by atoms with Gasteiger partial charge in [0, 0.05) is 18.0 Å². The second-order valence-electron chi connectivity index (χ2n) is 5.73. The van der Waals surface area contributed by atoms with Gasteiger partial charge in [0.15, 0.2) is 11.0 Å². The van der Waals surface area contributed by atoms with Crippen molar-refractivity contribution < 1.29 is 9.32 Å². The van der Waals surface area contributed by atoms with Crippen LogP contribution in [0.5, 0.6) is 0 Å². The van der Waals surface area contributed by atoms with Crippen LogP contribution in [0.2, 0.25) is 0 Å². The van der Waals surface area contributed by atoms with Gasteiger partial charge in [0.05, 0.1) is 10.8 Å². The van der Waals surface area contributed by atoms with E-state index in [1.54, 1.807) is 13.0 Å². The molecule has 0 radical (unpaired) electrons. The highest BCUT2D eigenvalue weighted by molar-refractivity contribution is 8.00. The van der Waals surface area contributed by atoms with Gasteiger partial charge >= 0.3 is 0 Å². The second-order valence-corrected chi connectivity index (χ2v) is 6.90. The Morgan fingerprint density at radius 3 is 2.77 bits per heavy atom. The molecule has 1 unspecified atom stereocenters. The molecule has 0 saturated carbocycles. The number of nitrogens with zero attached hydrogens (tertiary/aromatic N) is 3. The summed E-state index contributed by atoms with van der Waals surface area (Å²) in [6.45, 7) is 6.51. The Bertz CT molecular complexity index is 911. The average molecular weight is 371 g/mol. The van der Waals surface area contributed by atoms with Crippen molar-refractivity contribution >= 4 is 40.2 Å². The lowest BCUT2D eigenvalue weighted by molar-refractivity contribution is -0.115. The van der Waals surface area contributed by atoms with E-state index < -0.39 is 0 Å². The maximum absolute atomic E-state index is 12.5. The van der Waals surface area contributed by atoms with Gasteiger partial charge in [0.1, 0.15) is 11.6 Å². The van der Waals surface area contributed by atoms with Crippen molar-refractivity contribution in [2.24, 2.45) is 0 Å². The van der Waals surface area contributed by atoms with E-state index in [2.05, 4.69) is 25.8 Å². The van der Waals surface area contributed by atoms with Gasteiger partial charge in [-0.05, 0) is 32.4 Å². The molecule has 3 rings (SSSR count). The summed E-state index contributed by atoms with van der Waals surface area (Å²) in [5.74, 6) is 1.70. The lowest BCUT2D eigenvalue weighted by Gasteiger charge is -2.14. The Kier molecular flexibility index (Phi) is 5.72. The summed E-state index contributed by atoms with van der Waals surface area (Å²) < 4.78 is 4.98. The van der Waals surface area contributed by atoms with Crippen molar-refractivity contribution in [1.82, 2.24) is 15.1 Å². The third-order valence-corrected chi connectivity index (χ3v) is 4.94. The molecular weight excluding hydrogens is 350 g/mol. The smallest absolute Gasteiger partial charge is 0.239 e. The number of anilines is 2. The fourth-order valence-corrected chi connectivity index (χ4v) is 3.37. The van der Waals surface area contributed by atoms with Crippen molar-refractivity contribution in [3.05, 3.63) is 36.1 Å². The van der Waals surface area contributed by atoms with E-state index in [0.29, 0.717) is 23.2 Å². The minimum Gasteiger partial charge on any atom is -0.370 e. The Labute approximate surface area is 156 Å². The molecule has 0 aliphatic heterocycles. The monoisotopic (exact) mass is 371 g/mol. The van der Waals surface area contributed by atoms with Gasteiger partial charge < -0.3 is 15.2 Å². The molecule has 8 heteroatoms. The Morgan fingerprint density at radius 2 is 2.08 bits per heavy atom. The number of thioether (sulfide) groups is 1. The first-order valence-electron chi connectivity index (χ1n) is 8.52. The summed E-state index contributed by atoms with van der Waals surface area (Å²) in [7, 11) is 0. The molecule has 0 aliphatic carbocycles. The normalized spacial score (nSPS) is 12.1. The number of carbonyl (C=O) groups excluding carboxylic acids is 1. The molecule has 1 amide bonds. The molecule has 1 atom stereocenters. The zero-order valence-electron chi connectivity index (χ0n) is 14.9. The summed E-state index contributed by atoms with van der Waals surface area (Å²) in [4.78, 5) is 21.7. The highest BCUT2D eigenvalue weighted by atomic mass is 32.2. The molecule has 0 bridgehead atoms. The van der Waals surface area contributed by atoms with E-state index in [-0.39, 0.29) is 11.2 Å². The van der Waals surface area contributed by atoms with E-state index in [9.17, 15) is 4.79 Å². The van der Waals surface area contributed by atoms with Crippen LogP contribution in [-0.4, -0.2) is 32.8 Å². The van der Waals surface area contributed by atoms with Crippen molar-refractivity contribution in [1.29, 1.82) is 0 Å². The van der Waals surface area contributed by atoms with Gasteiger partial charge in [0.25, 0.3) is 0 Å². The van der Waals surface area contributed by atoms with Crippen LogP contribution in [0.3, 0.4) is 0 Å². The third-order valence-electron chi connectivity index (χ3n) is 3.72. The first-order chi connectivity index (χ1) is 12.6. The van der Waals surface area contributed by atoms with E-state index in [4.69, 9.17) is 4.52 Å². The zero-order valence-corrected chi connectivity index (χ0v) is 15.8. The van der Waals surface area contributed by atoms with E-state index >= 15 is 0 Å². The van der Waals surface area contributed by atoms with Crippen LogP contribution >= 0.6 is 11.8 Å². The quantitative estimate of drug-likeness (QED) is 0.481. The molecule has 2 heterocycles. The zero-order chi connectivity index (χ0) is 18.5. The fraction of sp³-hybridized carbons (Fsp3) is 0.333. The first kappa shape index (κ1) is 18.2. The number of fused-ring (bicyclic) bond motifs is 1. The molecule has 7 nitrogen and oxygen atoms in total. The number of carbonyl (C=O) groups is 1. The number of nitrogens with one attached hydrogen (secondary N) is 2. The van der Waals surface area contributed by atoms with E-state index in [0.717, 1.165) is 23.3 Å². The summed E-state index contributed by atoms with van der Waals surface area (Å²) in [5, 5.41) is 11.0. The molecule has 136 valence electrons. The van der Waals surface area contributed by atoms with Gasteiger partial charge in [-0.3, -0.25) is 4.79 Å². The maximum atomic E-state index is 12.5. The highest BCUT2D eigenvalue weighted by Crippen LogP contribution is 2.28. The molecule has 0 aliphatic rings. The topological polar surface area (TPSA) is 92.9 Å². The molecule has 0 spiro atoms. The third kappa shape index (κ3) is 4.13. The minimum atomic E-state index is -0.331. The summed E-state index contributed by atoms with van der Waals surface area (Å²) in [5.41, 5.74) is 0.850. The van der Waals surface area contributed by atoms with Crippen LogP contribution in [-0.2, 0) is 4.79 Å². The molecule has 1 aromatic carbocycles. The van der Waals surface area contributed by atoms with Gasteiger partial charge in [-0.25, -0.2) is 9.97 Å². The van der Waals surface area contributed by atoms with E-state index in [1.165, 1.54) is 11.8 Å². The van der Waals surface area contributed by atoms with Crippen LogP contribution < -0.4 is 10.6 Å². The van der Waals surface area contributed by atoms with Gasteiger partial charge in [-0.15, -0.1) is 0 Å². The molecule has 2 N–H and O–H groups in total. The molecule has 3 aromatic rings. The van der Waals surface area contributed by atoms with Crippen LogP contribution in [0, 0.1) is 6.92 Å². The number of hydrogen-bond donors (Lipinski definition) is 2. The number of benzene rings is 1. The molecular formula is C18H21N5O2S. The summed E-state index contributed by atoms with van der Waals surface area (Å²) in [6, 6.07) is 9.52. The van der Waals surface area contributed by atoms with Crippen molar-refractivity contribution in [2.45, 2.75) is 37.6 Å². The number of aryl methyl sites for hydroxylation is 1. The molecule has 2 aromatic heterocycles. The summed E-state index contributed by atoms with van der Waals surface area (Å²) in [6.07, 6.45) is 0.639. The summed E-state index contributed by atoms with van der Waals surface area (Å²) >= 11 is 1.35. The predicted octanol–water partition coefficient (Wildman–Crippen LogP) is 3.87. The molecule has 0 saturated heterocycles. The molecule has 26 heavy (non-hydrogen) atoms. The van der Waals surface area contributed by atoms with Crippen molar-refractivity contribution in [3.8, 4) is 0 Å². The minimum absolute atomic E-state index is 0.146. The number of aromatic nitrogens is 3. The predicted molar refractivity (Wildman–Crippen MR) is 104 cm³/mol. The first-order valence-corrected chi connectivity index (χ1v) is 9.40. The number of rotatable bonds is 7. The fourth-order valence-electron chi connectivity index (χ4n) is 2.49. The number of hydrogen-bond acceptors (Lipinski definition) is 7. The molecule has 0 fully saturated rings. The Balaban J connectivity index is 1.82. The Hall–Kier alpha value is -2.61. The second kappa shape index (κ2) is 8.18. The van der Waals surface area contributed by atoms with Gasteiger partial charge in [0.2, 0.25) is 5.91 Å². The van der Waals surface area contributed by atoms with E-state index in [1.807, 2.05) is 38.1 Å². The van der Waals surface area contributed by atoms with Crippen LogP contribution in [0.15, 0.2) is 40.0 Å². The van der Waals surface area contributed by atoms with Crippen molar-refractivity contribution in [2.75, 3.05) is 17.2 Å². The van der Waals surface area contributed by atoms with Gasteiger partial charge in [-0.1, -0.05) is 36.0 Å². The lowest BCUT2D eigenvalue weighted by atomic mass is 10.2. The SMILES string of the molecule is CCNc1nc(SC(CC)C(=O)Nc2cc(C)on2)nc2ccccc12.